The highest BCUT2D eigenvalue weighted by Crippen LogP contribution is 2.34. The SMILES string of the molecule is COc1cccc(C(=O)O)c1OC1CCC(=O)CC1. The molecule has 1 aliphatic carbocycles. The number of para-hydroxylation sites is 1. The van der Waals surface area contributed by atoms with Gasteiger partial charge in [-0.05, 0) is 25.0 Å². The van der Waals surface area contributed by atoms with Crippen molar-refractivity contribution in [1.29, 1.82) is 0 Å². The summed E-state index contributed by atoms with van der Waals surface area (Å²) in [7, 11) is 1.47. The first kappa shape index (κ1) is 13.4. The zero-order valence-corrected chi connectivity index (χ0v) is 10.7. The van der Waals surface area contributed by atoms with Crippen molar-refractivity contribution < 1.29 is 24.2 Å². The van der Waals surface area contributed by atoms with E-state index in [2.05, 4.69) is 0 Å². The lowest BCUT2D eigenvalue weighted by molar-refractivity contribution is -0.121. The van der Waals surface area contributed by atoms with Crippen LogP contribution in [0.15, 0.2) is 18.2 Å². The third kappa shape index (κ3) is 3.05. The third-order valence-electron chi connectivity index (χ3n) is 3.20. The predicted octanol–water partition coefficient (Wildman–Crippen LogP) is 2.28. The van der Waals surface area contributed by atoms with E-state index in [0.717, 1.165) is 0 Å². The van der Waals surface area contributed by atoms with Crippen molar-refractivity contribution in [3.63, 3.8) is 0 Å². The lowest BCUT2D eigenvalue weighted by Gasteiger charge is -2.24. The highest BCUT2D eigenvalue weighted by Gasteiger charge is 2.24. The number of ketones is 1. The van der Waals surface area contributed by atoms with Crippen molar-refractivity contribution in [1.82, 2.24) is 0 Å². The van der Waals surface area contributed by atoms with Gasteiger partial charge in [-0.2, -0.15) is 0 Å². The Kier molecular flexibility index (Phi) is 4.04. The minimum atomic E-state index is -1.05. The van der Waals surface area contributed by atoms with Crippen LogP contribution in [0.1, 0.15) is 36.0 Å². The lowest BCUT2D eigenvalue weighted by atomic mass is 9.96. The maximum Gasteiger partial charge on any atom is 0.339 e. The number of ether oxygens (including phenoxy) is 2. The Morgan fingerprint density at radius 1 is 1.32 bits per heavy atom. The maximum atomic E-state index is 11.2. The summed E-state index contributed by atoms with van der Waals surface area (Å²) in [5.41, 5.74) is 0.0799. The van der Waals surface area contributed by atoms with Gasteiger partial charge in [-0.25, -0.2) is 4.79 Å². The number of carbonyl (C=O) groups excluding carboxylic acids is 1. The van der Waals surface area contributed by atoms with E-state index in [1.807, 2.05) is 0 Å². The topological polar surface area (TPSA) is 72.8 Å². The van der Waals surface area contributed by atoms with E-state index in [1.165, 1.54) is 13.2 Å². The summed E-state index contributed by atoms with van der Waals surface area (Å²) in [5, 5.41) is 9.17. The van der Waals surface area contributed by atoms with Crippen LogP contribution >= 0.6 is 0 Å². The summed E-state index contributed by atoms with van der Waals surface area (Å²) in [6, 6.07) is 4.75. The Balaban J connectivity index is 2.22. The fourth-order valence-corrected chi connectivity index (χ4v) is 2.16. The lowest BCUT2D eigenvalue weighted by Crippen LogP contribution is -2.25. The van der Waals surface area contributed by atoms with E-state index in [4.69, 9.17) is 14.6 Å². The summed E-state index contributed by atoms with van der Waals surface area (Å²) in [6.07, 6.45) is 2.09. The number of methoxy groups -OCH3 is 1. The number of Topliss-reactive ketones (excluding diaryl/α,β-unsaturated/α-hetero) is 1. The monoisotopic (exact) mass is 264 g/mol. The molecule has 0 atom stereocenters. The molecule has 5 heteroatoms. The Hall–Kier alpha value is -2.04. The van der Waals surface area contributed by atoms with Gasteiger partial charge in [-0.3, -0.25) is 4.79 Å². The smallest absolute Gasteiger partial charge is 0.339 e. The van der Waals surface area contributed by atoms with Gasteiger partial charge in [0.1, 0.15) is 11.3 Å². The summed E-state index contributed by atoms with van der Waals surface area (Å²) in [5.74, 6) is -0.173. The van der Waals surface area contributed by atoms with Crippen LogP contribution in [0.2, 0.25) is 0 Å². The van der Waals surface area contributed by atoms with Gasteiger partial charge in [0, 0.05) is 12.8 Å². The molecule has 1 aromatic rings. The molecular formula is C14H16O5. The molecule has 0 radical (unpaired) electrons. The predicted molar refractivity (Wildman–Crippen MR) is 67.8 cm³/mol. The highest BCUT2D eigenvalue weighted by molar-refractivity contribution is 5.92. The van der Waals surface area contributed by atoms with Crippen LogP contribution < -0.4 is 9.47 Å². The summed E-state index contributed by atoms with van der Waals surface area (Å²) in [4.78, 5) is 22.4. The molecule has 0 amide bonds. The van der Waals surface area contributed by atoms with Crippen molar-refractivity contribution in [3.8, 4) is 11.5 Å². The fraction of sp³-hybridized carbons (Fsp3) is 0.429. The number of carbonyl (C=O) groups is 2. The van der Waals surface area contributed by atoms with Gasteiger partial charge in [-0.15, -0.1) is 0 Å². The fourth-order valence-electron chi connectivity index (χ4n) is 2.16. The van der Waals surface area contributed by atoms with Gasteiger partial charge >= 0.3 is 5.97 Å². The second-order valence-electron chi connectivity index (χ2n) is 4.50. The normalized spacial score (nSPS) is 16.2. The second-order valence-corrected chi connectivity index (χ2v) is 4.50. The molecule has 1 aliphatic rings. The van der Waals surface area contributed by atoms with Crippen molar-refractivity contribution >= 4 is 11.8 Å². The molecule has 0 unspecified atom stereocenters. The quantitative estimate of drug-likeness (QED) is 0.903. The summed E-state index contributed by atoms with van der Waals surface area (Å²) < 4.78 is 10.9. The van der Waals surface area contributed by atoms with Crippen LogP contribution in [0.4, 0.5) is 0 Å². The molecule has 1 N–H and O–H groups in total. The van der Waals surface area contributed by atoms with E-state index in [1.54, 1.807) is 12.1 Å². The standard InChI is InChI=1S/C14H16O5/c1-18-12-4-2-3-11(14(16)17)13(12)19-10-7-5-9(15)6-8-10/h2-4,10H,5-8H2,1H3,(H,16,17). The van der Waals surface area contributed by atoms with Gasteiger partial charge in [-0.1, -0.05) is 6.07 Å². The van der Waals surface area contributed by atoms with Crippen LogP contribution in [-0.4, -0.2) is 30.1 Å². The molecule has 2 rings (SSSR count). The number of carboxylic acid groups (broad SMARTS) is 1. The number of hydrogen-bond acceptors (Lipinski definition) is 4. The van der Waals surface area contributed by atoms with Crippen molar-refractivity contribution in [2.45, 2.75) is 31.8 Å². The van der Waals surface area contributed by atoms with Gasteiger partial charge in [0.25, 0.3) is 0 Å². The minimum Gasteiger partial charge on any atom is -0.493 e. The largest absolute Gasteiger partial charge is 0.493 e. The molecule has 1 saturated carbocycles. The molecule has 19 heavy (non-hydrogen) atoms. The van der Waals surface area contributed by atoms with E-state index >= 15 is 0 Å². The molecule has 0 saturated heterocycles. The first-order chi connectivity index (χ1) is 9.11. The average molecular weight is 264 g/mol. The van der Waals surface area contributed by atoms with Gasteiger partial charge in [0.05, 0.1) is 13.2 Å². The van der Waals surface area contributed by atoms with Crippen LogP contribution in [0.5, 0.6) is 11.5 Å². The molecule has 1 aromatic carbocycles. The van der Waals surface area contributed by atoms with Gasteiger partial charge < -0.3 is 14.6 Å². The van der Waals surface area contributed by atoms with Crippen LogP contribution in [0.3, 0.4) is 0 Å². The van der Waals surface area contributed by atoms with Crippen molar-refractivity contribution in [3.05, 3.63) is 23.8 Å². The van der Waals surface area contributed by atoms with Crippen LogP contribution in [-0.2, 0) is 4.79 Å². The van der Waals surface area contributed by atoms with Crippen LogP contribution in [0.25, 0.3) is 0 Å². The first-order valence-electron chi connectivity index (χ1n) is 6.20. The zero-order chi connectivity index (χ0) is 13.8. The zero-order valence-electron chi connectivity index (χ0n) is 10.7. The van der Waals surface area contributed by atoms with Crippen molar-refractivity contribution in [2.24, 2.45) is 0 Å². The Morgan fingerprint density at radius 2 is 2.00 bits per heavy atom. The third-order valence-corrected chi connectivity index (χ3v) is 3.20. The molecule has 5 nitrogen and oxygen atoms in total. The molecular weight excluding hydrogens is 248 g/mol. The number of rotatable bonds is 4. The number of aromatic carboxylic acids is 1. The molecule has 1 fully saturated rings. The molecule has 0 spiro atoms. The Morgan fingerprint density at radius 3 is 2.58 bits per heavy atom. The van der Waals surface area contributed by atoms with Gasteiger partial charge in [0.2, 0.25) is 0 Å². The maximum absolute atomic E-state index is 11.2. The molecule has 0 bridgehead atoms. The first-order valence-corrected chi connectivity index (χ1v) is 6.20. The second kappa shape index (κ2) is 5.73. The van der Waals surface area contributed by atoms with Crippen molar-refractivity contribution in [2.75, 3.05) is 7.11 Å². The molecule has 102 valence electrons. The van der Waals surface area contributed by atoms with E-state index in [9.17, 15) is 9.59 Å². The van der Waals surface area contributed by atoms with Crippen LogP contribution in [0, 0.1) is 0 Å². The minimum absolute atomic E-state index is 0.0799. The summed E-state index contributed by atoms with van der Waals surface area (Å²) in [6.45, 7) is 0. The molecule has 0 aromatic heterocycles. The Labute approximate surface area is 111 Å². The Bertz CT molecular complexity index is 485. The highest BCUT2D eigenvalue weighted by atomic mass is 16.5. The van der Waals surface area contributed by atoms with E-state index in [0.29, 0.717) is 31.4 Å². The summed E-state index contributed by atoms with van der Waals surface area (Å²) >= 11 is 0. The van der Waals surface area contributed by atoms with Gasteiger partial charge in [0.15, 0.2) is 11.5 Å². The number of benzene rings is 1. The van der Waals surface area contributed by atoms with E-state index < -0.39 is 5.97 Å². The van der Waals surface area contributed by atoms with E-state index in [-0.39, 0.29) is 23.2 Å². The number of carboxylic acids is 1. The molecule has 0 aliphatic heterocycles. The molecule has 0 heterocycles. The average Bonchev–Trinajstić information content (AvgIpc) is 2.41. The number of hydrogen-bond donors (Lipinski definition) is 1.